The molecule has 0 radical (unpaired) electrons. The van der Waals surface area contributed by atoms with Crippen molar-refractivity contribution in [2.75, 3.05) is 4.72 Å². The van der Waals surface area contributed by atoms with Crippen molar-refractivity contribution in [2.45, 2.75) is 31.2 Å². The highest BCUT2D eigenvalue weighted by molar-refractivity contribution is 7.92. The first kappa shape index (κ1) is 18.1. The molecular weight excluding hydrogens is 355 g/mol. The molecule has 3 aromatic rings. The molecule has 0 atom stereocenters. The van der Waals surface area contributed by atoms with Crippen molar-refractivity contribution >= 4 is 16.0 Å². The minimum atomic E-state index is -3.77. The van der Waals surface area contributed by atoms with Crippen LogP contribution in [0.4, 0.5) is 10.3 Å². The molecule has 0 aliphatic heterocycles. The number of nitrogens with zero attached hydrogens (tertiary/aromatic N) is 3. The monoisotopic (exact) mass is 374 g/mol. The van der Waals surface area contributed by atoms with Crippen molar-refractivity contribution in [3.63, 3.8) is 0 Å². The normalized spacial score (nSPS) is 11.7. The van der Waals surface area contributed by atoms with Gasteiger partial charge in [0.25, 0.3) is 16.0 Å². The smallest absolute Gasteiger partial charge is 0.246 e. The molecule has 0 amide bonds. The molecule has 0 aliphatic rings. The summed E-state index contributed by atoms with van der Waals surface area (Å²) < 4.78 is 41.9. The molecule has 0 saturated heterocycles. The van der Waals surface area contributed by atoms with Crippen molar-refractivity contribution in [3.8, 4) is 0 Å². The molecule has 0 saturated carbocycles. The lowest BCUT2D eigenvalue weighted by Gasteiger charge is -2.08. The zero-order valence-electron chi connectivity index (χ0n) is 14.4. The second kappa shape index (κ2) is 7.25. The summed E-state index contributed by atoms with van der Waals surface area (Å²) in [5, 5.41) is 4.08. The largest absolute Gasteiger partial charge is 0.264 e. The maximum Gasteiger partial charge on any atom is 0.264 e. The van der Waals surface area contributed by atoms with Gasteiger partial charge in [0.05, 0.1) is 11.4 Å². The summed E-state index contributed by atoms with van der Waals surface area (Å²) in [6, 6.07) is 12.8. The van der Waals surface area contributed by atoms with Crippen LogP contribution < -0.4 is 4.72 Å². The number of rotatable bonds is 6. The number of aromatic nitrogens is 3. The molecule has 0 aliphatic carbocycles. The summed E-state index contributed by atoms with van der Waals surface area (Å²) in [6.07, 6.45) is 1.39. The highest BCUT2D eigenvalue weighted by atomic mass is 32.2. The van der Waals surface area contributed by atoms with Crippen LogP contribution in [-0.2, 0) is 16.6 Å². The Kier molecular flexibility index (Phi) is 5.03. The van der Waals surface area contributed by atoms with Crippen molar-refractivity contribution in [2.24, 2.45) is 0 Å². The van der Waals surface area contributed by atoms with E-state index in [1.54, 1.807) is 36.4 Å². The Bertz CT molecular complexity index is 998. The molecule has 1 aromatic heterocycles. The Morgan fingerprint density at radius 2 is 1.88 bits per heavy atom. The minimum absolute atomic E-state index is 0.0330. The maximum atomic E-state index is 13.2. The van der Waals surface area contributed by atoms with Crippen molar-refractivity contribution < 1.29 is 12.8 Å². The molecule has 1 N–H and O–H groups in total. The zero-order valence-corrected chi connectivity index (χ0v) is 15.2. The zero-order chi connectivity index (χ0) is 18.7. The second-order valence-corrected chi connectivity index (χ2v) is 7.91. The van der Waals surface area contributed by atoms with E-state index >= 15 is 0 Å². The minimum Gasteiger partial charge on any atom is -0.246 e. The summed E-state index contributed by atoms with van der Waals surface area (Å²) in [5.74, 6) is -0.0531. The van der Waals surface area contributed by atoms with Crippen LogP contribution in [0.2, 0.25) is 0 Å². The first-order valence-corrected chi connectivity index (χ1v) is 9.58. The molecule has 0 spiro atoms. The molecule has 6 nitrogen and oxygen atoms in total. The second-order valence-electron chi connectivity index (χ2n) is 6.22. The lowest BCUT2D eigenvalue weighted by molar-refractivity contribution is 0.600. The SMILES string of the molecule is CC(C)c1ccc(S(=O)(=O)Nc2ncn(Cc3cccc(F)c3)n2)cc1. The Morgan fingerprint density at radius 3 is 2.54 bits per heavy atom. The third kappa shape index (κ3) is 4.26. The Labute approximate surface area is 151 Å². The van der Waals surface area contributed by atoms with E-state index in [-0.39, 0.29) is 23.2 Å². The fourth-order valence-corrected chi connectivity index (χ4v) is 3.40. The van der Waals surface area contributed by atoms with Crippen LogP contribution in [0, 0.1) is 5.82 Å². The molecule has 0 unspecified atom stereocenters. The van der Waals surface area contributed by atoms with E-state index in [9.17, 15) is 12.8 Å². The van der Waals surface area contributed by atoms with Gasteiger partial charge in [-0.1, -0.05) is 38.1 Å². The topological polar surface area (TPSA) is 76.9 Å². The summed E-state index contributed by atoms with van der Waals surface area (Å²) in [6.45, 7) is 4.36. The highest BCUT2D eigenvalue weighted by Crippen LogP contribution is 2.18. The van der Waals surface area contributed by atoms with E-state index in [1.165, 1.54) is 23.1 Å². The van der Waals surface area contributed by atoms with E-state index in [0.29, 0.717) is 11.5 Å². The molecule has 0 fully saturated rings. The number of nitrogens with one attached hydrogen (secondary N) is 1. The maximum absolute atomic E-state index is 13.2. The highest BCUT2D eigenvalue weighted by Gasteiger charge is 2.16. The number of hydrogen-bond donors (Lipinski definition) is 1. The van der Waals surface area contributed by atoms with Gasteiger partial charge in [0.2, 0.25) is 0 Å². The molecular formula is C18H19FN4O2S. The van der Waals surface area contributed by atoms with E-state index < -0.39 is 10.0 Å². The van der Waals surface area contributed by atoms with Gasteiger partial charge in [0.15, 0.2) is 0 Å². The standard InChI is InChI=1S/C18H19FN4O2S/c1-13(2)15-6-8-17(9-7-15)26(24,25)22-18-20-12-23(21-18)11-14-4-3-5-16(19)10-14/h3-10,12-13H,11H2,1-2H3,(H,21,22). The molecule has 0 bridgehead atoms. The molecule has 26 heavy (non-hydrogen) atoms. The van der Waals surface area contributed by atoms with Crippen molar-refractivity contribution in [1.29, 1.82) is 0 Å². The third-order valence-corrected chi connectivity index (χ3v) is 5.20. The first-order valence-electron chi connectivity index (χ1n) is 8.10. The molecule has 8 heteroatoms. The molecule has 1 heterocycles. The van der Waals surface area contributed by atoms with Crippen molar-refractivity contribution in [3.05, 3.63) is 71.8 Å². The predicted molar refractivity (Wildman–Crippen MR) is 96.9 cm³/mol. The lowest BCUT2D eigenvalue weighted by Crippen LogP contribution is -2.14. The van der Waals surface area contributed by atoms with Crippen molar-refractivity contribution in [1.82, 2.24) is 14.8 Å². The Balaban J connectivity index is 1.73. The van der Waals surface area contributed by atoms with Gasteiger partial charge in [-0.05, 0) is 41.3 Å². The van der Waals surface area contributed by atoms with E-state index in [1.807, 2.05) is 13.8 Å². The van der Waals surface area contributed by atoms with Gasteiger partial charge in [0.1, 0.15) is 12.1 Å². The molecule has 136 valence electrons. The van der Waals surface area contributed by atoms with Crippen LogP contribution in [0.5, 0.6) is 0 Å². The molecule has 2 aromatic carbocycles. The fraction of sp³-hybridized carbons (Fsp3) is 0.222. The number of anilines is 1. The van der Waals surface area contributed by atoms with Gasteiger partial charge in [-0.2, -0.15) is 4.98 Å². The number of sulfonamides is 1. The summed E-state index contributed by atoms with van der Waals surface area (Å²) in [5.41, 5.74) is 1.76. The number of halogens is 1. The average Bonchev–Trinajstić information content (AvgIpc) is 3.01. The van der Waals surface area contributed by atoms with Crippen LogP contribution in [0.1, 0.15) is 30.9 Å². The summed E-state index contributed by atoms with van der Waals surface area (Å²) in [7, 11) is -3.77. The van der Waals surface area contributed by atoms with Crippen LogP contribution in [0.15, 0.2) is 59.8 Å². The Morgan fingerprint density at radius 1 is 1.15 bits per heavy atom. The predicted octanol–water partition coefficient (Wildman–Crippen LogP) is 3.39. The van der Waals surface area contributed by atoms with Crippen LogP contribution >= 0.6 is 0 Å². The van der Waals surface area contributed by atoms with E-state index in [0.717, 1.165) is 5.56 Å². The van der Waals surface area contributed by atoms with Crippen LogP contribution in [0.3, 0.4) is 0 Å². The van der Waals surface area contributed by atoms with Gasteiger partial charge in [0, 0.05) is 0 Å². The van der Waals surface area contributed by atoms with Gasteiger partial charge in [-0.25, -0.2) is 22.2 Å². The first-order chi connectivity index (χ1) is 12.3. The lowest BCUT2D eigenvalue weighted by atomic mass is 10.0. The number of hydrogen-bond acceptors (Lipinski definition) is 4. The number of benzene rings is 2. The average molecular weight is 374 g/mol. The van der Waals surface area contributed by atoms with Gasteiger partial charge in [-0.15, -0.1) is 5.10 Å². The van der Waals surface area contributed by atoms with E-state index in [4.69, 9.17) is 0 Å². The van der Waals surface area contributed by atoms with Gasteiger partial charge >= 0.3 is 0 Å². The quantitative estimate of drug-likeness (QED) is 0.717. The van der Waals surface area contributed by atoms with Gasteiger partial charge in [-0.3, -0.25) is 0 Å². The Hall–Kier alpha value is -2.74. The van der Waals surface area contributed by atoms with E-state index in [2.05, 4.69) is 14.8 Å². The third-order valence-electron chi connectivity index (χ3n) is 3.85. The summed E-state index contributed by atoms with van der Waals surface area (Å²) in [4.78, 5) is 4.10. The molecule has 3 rings (SSSR count). The summed E-state index contributed by atoms with van der Waals surface area (Å²) >= 11 is 0. The van der Waals surface area contributed by atoms with Crippen LogP contribution in [0.25, 0.3) is 0 Å². The van der Waals surface area contributed by atoms with Gasteiger partial charge < -0.3 is 0 Å². The fourth-order valence-electron chi connectivity index (χ4n) is 2.45. The van der Waals surface area contributed by atoms with Crippen LogP contribution in [-0.4, -0.2) is 23.2 Å².